The van der Waals surface area contributed by atoms with Crippen LogP contribution in [0.3, 0.4) is 0 Å². The second-order valence-electron chi connectivity index (χ2n) is 2.87. The van der Waals surface area contributed by atoms with E-state index in [1.165, 1.54) is 0 Å². The second kappa shape index (κ2) is 3.86. The molecule has 0 aliphatic heterocycles. The number of aromatic nitrogens is 6. The maximum Gasteiger partial charge on any atom is 0.293 e. The molecule has 0 aliphatic rings. The van der Waals surface area contributed by atoms with Gasteiger partial charge in [0.05, 0.1) is 6.54 Å². The Morgan fingerprint density at radius 3 is 3.13 bits per heavy atom. The normalized spacial score (nSPS) is 10.2. The van der Waals surface area contributed by atoms with Crippen LogP contribution in [0.1, 0.15) is 16.4 Å². The fourth-order valence-corrected chi connectivity index (χ4v) is 1.06. The van der Waals surface area contributed by atoms with Crippen molar-refractivity contribution in [1.82, 2.24) is 35.5 Å². The van der Waals surface area contributed by atoms with Crippen molar-refractivity contribution in [3.05, 3.63) is 24.0 Å². The van der Waals surface area contributed by atoms with E-state index in [4.69, 9.17) is 0 Å². The Labute approximate surface area is 84.7 Å². The number of aromatic amines is 1. The van der Waals surface area contributed by atoms with Crippen molar-refractivity contribution in [1.29, 1.82) is 0 Å². The number of tetrazole rings is 1. The van der Waals surface area contributed by atoms with Crippen molar-refractivity contribution in [2.75, 3.05) is 0 Å². The molecule has 1 amide bonds. The van der Waals surface area contributed by atoms with E-state index in [9.17, 15) is 4.79 Å². The third-order valence-electron chi connectivity index (χ3n) is 1.88. The highest BCUT2D eigenvalue weighted by molar-refractivity contribution is 5.89. The standard InChI is InChI=1S/C7H9N7O/c1-14-3-2-8-5(14)4-9-7(15)6-10-12-13-11-6/h2-3H,4H2,1H3,(H,9,15)(H,10,11,12,13). The molecule has 15 heavy (non-hydrogen) atoms. The largest absolute Gasteiger partial charge is 0.342 e. The maximum atomic E-state index is 11.4. The first-order valence-corrected chi connectivity index (χ1v) is 4.25. The van der Waals surface area contributed by atoms with Gasteiger partial charge in [-0.25, -0.2) is 4.98 Å². The summed E-state index contributed by atoms with van der Waals surface area (Å²) in [7, 11) is 1.85. The molecule has 0 fully saturated rings. The minimum absolute atomic E-state index is 0.0178. The molecule has 2 heterocycles. The molecule has 78 valence electrons. The van der Waals surface area contributed by atoms with Gasteiger partial charge in [-0.15, -0.1) is 10.2 Å². The Balaban J connectivity index is 1.95. The highest BCUT2D eigenvalue weighted by atomic mass is 16.2. The summed E-state index contributed by atoms with van der Waals surface area (Å²) in [6.45, 7) is 0.330. The van der Waals surface area contributed by atoms with Gasteiger partial charge < -0.3 is 9.88 Å². The van der Waals surface area contributed by atoms with Gasteiger partial charge in [0.15, 0.2) is 0 Å². The number of amides is 1. The number of aryl methyl sites for hydroxylation is 1. The van der Waals surface area contributed by atoms with E-state index >= 15 is 0 Å². The first kappa shape index (κ1) is 9.31. The zero-order valence-corrected chi connectivity index (χ0v) is 8.01. The Morgan fingerprint density at radius 1 is 1.67 bits per heavy atom. The number of nitrogens with one attached hydrogen (secondary N) is 2. The van der Waals surface area contributed by atoms with Gasteiger partial charge in [0.2, 0.25) is 0 Å². The molecule has 8 heteroatoms. The highest BCUT2D eigenvalue weighted by Crippen LogP contribution is 1.93. The van der Waals surface area contributed by atoms with Gasteiger partial charge in [-0.2, -0.15) is 5.21 Å². The number of imidazole rings is 1. The van der Waals surface area contributed by atoms with E-state index in [1.54, 1.807) is 12.4 Å². The Hall–Kier alpha value is -2.25. The van der Waals surface area contributed by atoms with Crippen LogP contribution in [-0.2, 0) is 13.6 Å². The van der Waals surface area contributed by atoms with Crippen molar-refractivity contribution in [3.8, 4) is 0 Å². The molecular weight excluding hydrogens is 198 g/mol. The molecule has 2 rings (SSSR count). The van der Waals surface area contributed by atoms with Gasteiger partial charge in [0.25, 0.3) is 11.7 Å². The SMILES string of the molecule is Cn1ccnc1CNC(=O)c1nn[nH]n1. The van der Waals surface area contributed by atoms with Gasteiger partial charge in [0, 0.05) is 19.4 Å². The third-order valence-corrected chi connectivity index (χ3v) is 1.88. The predicted molar refractivity (Wildman–Crippen MR) is 48.6 cm³/mol. The van der Waals surface area contributed by atoms with Crippen LogP contribution in [0.5, 0.6) is 0 Å². The fraction of sp³-hybridized carbons (Fsp3) is 0.286. The van der Waals surface area contributed by atoms with Crippen LogP contribution in [-0.4, -0.2) is 36.1 Å². The highest BCUT2D eigenvalue weighted by Gasteiger charge is 2.10. The summed E-state index contributed by atoms with van der Waals surface area (Å²) < 4.78 is 1.82. The quantitative estimate of drug-likeness (QED) is 0.662. The monoisotopic (exact) mass is 207 g/mol. The molecule has 0 saturated heterocycles. The van der Waals surface area contributed by atoms with Gasteiger partial charge >= 0.3 is 0 Å². The second-order valence-corrected chi connectivity index (χ2v) is 2.87. The molecule has 0 bridgehead atoms. The number of rotatable bonds is 3. The van der Waals surface area contributed by atoms with Crippen LogP contribution in [0.4, 0.5) is 0 Å². The average Bonchev–Trinajstić information content (AvgIpc) is 2.85. The van der Waals surface area contributed by atoms with E-state index < -0.39 is 0 Å². The molecule has 2 aromatic rings. The molecule has 2 N–H and O–H groups in total. The van der Waals surface area contributed by atoms with Crippen molar-refractivity contribution in [3.63, 3.8) is 0 Å². The molecule has 0 atom stereocenters. The molecule has 0 aliphatic carbocycles. The smallest absolute Gasteiger partial charge is 0.293 e. The maximum absolute atomic E-state index is 11.4. The van der Waals surface area contributed by atoms with Crippen LogP contribution in [0.2, 0.25) is 0 Å². The number of carbonyl (C=O) groups is 1. The van der Waals surface area contributed by atoms with E-state index in [0.717, 1.165) is 5.82 Å². The molecular formula is C7H9N7O. The number of hydrogen-bond acceptors (Lipinski definition) is 5. The Morgan fingerprint density at radius 2 is 2.53 bits per heavy atom. The lowest BCUT2D eigenvalue weighted by Crippen LogP contribution is -2.25. The summed E-state index contributed by atoms with van der Waals surface area (Å²) >= 11 is 0. The van der Waals surface area contributed by atoms with Gasteiger partial charge in [0.1, 0.15) is 5.82 Å². The molecule has 0 spiro atoms. The van der Waals surface area contributed by atoms with Crippen LogP contribution in [0.25, 0.3) is 0 Å². The van der Waals surface area contributed by atoms with Crippen molar-refractivity contribution < 1.29 is 4.79 Å². The summed E-state index contributed by atoms with van der Waals surface area (Å²) in [5.74, 6) is 0.391. The lowest BCUT2D eigenvalue weighted by Gasteiger charge is -2.01. The van der Waals surface area contributed by atoms with Crippen LogP contribution >= 0.6 is 0 Å². The molecule has 8 nitrogen and oxygen atoms in total. The van der Waals surface area contributed by atoms with Gasteiger partial charge in [-0.3, -0.25) is 4.79 Å². The third kappa shape index (κ3) is 1.98. The van der Waals surface area contributed by atoms with Crippen LogP contribution in [0.15, 0.2) is 12.4 Å². The van der Waals surface area contributed by atoms with Crippen molar-refractivity contribution in [2.45, 2.75) is 6.54 Å². The van der Waals surface area contributed by atoms with Crippen LogP contribution in [0, 0.1) is 0 Å². The van der Waals surface area contributed by atoms with Gasteiger partial charge in [-0.1, -0.05) is 0 Å². The van der Waals surface area contributed by atoms with Crippen LogP contribution < -0.4 is 5.32 Å². The fourth-order valence-electron chi connectivity index (χ4n) is 1.06. The van der Waals surface area contributed by atoms with E-state index in [0.29, 0.717) is 6.54 Å². The molecule has 0 saturated carbocycles. The zero-order valence-electron chi connectivity index (χ0n) is 8.01. The zero-order chi connectivity index (χ0) is 10.7. The summed E-state index contributed by atoms with van der Waals surface area (Å²) in [6, 6.07) is 0. The number of nitrogens with zero attached hydrogens (tertiary/aromatic N) is 5. The number of H-pyrrole nitrogens is 1. The molecule has 2 aromatic heterocycles. The lowest BCUT2D eigenvalue weighted by molar-refractivity contribution is 0.0939. The predicted octanol–water partition coefficient (Wildman–Crippen LogP) is -1.14. The Bertz CT molecular complexity index is 446. The van der Waals surface area contributed by atoms with E-state index in [1.807, 2.05) is 11.6 Å². The number of hydrogen-bond donors (Lipinski definition) is 2. The molecule has 0 unspecified atom stereocenters. The average molecular weight is 207 g/mol. The Kier molecular flexibility index (Phi) is 2.40. The van der Waals surface area contributed by atoms with Gasteiger partial charge in [-0.05, 0) is 5.21 Å². The van der Waals surface area contributed by atoms with Crippen molar-refractivity contribution in [2.24, 2.45) is 7.05 Å². The van der Waals surface area contributed by atoms with E-state index in [-0.39, 0.29) is 11.7 Å². The first-order chi connectivity index (χ1) is 7.27. The first-order valence-electron chi connectivity index (χ1n) is 4.25. The number of carbonyl (C=O) groups excluding carboxylic acids is 1. The summed E-state index contributed by atoms with van der Waals surface area (Å²) in [5, 5.41) is 15.2. The van der Waals surface area contributed by atoms with E-state index in [2.05, 4.69) is 30.9 Å². The topological polar surface area (TPSA) is 101 Å². The summed E-state index contributed by atoms with van der Waals surface area (Å²) in [6.07, 6.45) is 3.46. The lowest BCUT2D eigenvalue weighted by atomic mass is 10.5. The van der Waals surface area contributed by atoms with Crippen molar-refractivity contribution >= 4 is 5.91 Å². The summed E-state index contributed by atoms with van der Waals surface area (Å²) in [5.41, 5.74) is 0. The summed E-state index contributed by atoms with van der Waals surface area (Å²) in [4.78, 5) is 15.4. The molecule has 0 aromatic carbocycles. The molecule has 0 radical (unpaired) electrons. The minimum Gasteiger partial charge on any atom is -0.342 e. The minimum atomic E-state index is -0.383.